The number of phenolic OH excluding ortho intramolecular Hbond substituents is 1. The third-order valence-corrected chi connectivity index (χ3v) is 8.50. The molecule has 2 aromatic carbocycles. The van der Waals surface area contributed by atoms with Crippen molar-refractivity contribution in [3.63, 3.8) is 0 Å². The third kappa shape index (κ3) is 5.19. The first-order valence-corrected chi connectivity index (χ1v) is 14.4. The SMILES string of the molecule is C#Cc1c(F)ccc2cc(O)cc(-c3ncc4c(N(C)C[C@@H]5CCCCN5)nc(N5CCC(C)(O)CC5)nc4c3F)c12. The van der Waals surface area contributed by atoms with Crippen LogP contribution in [0.15, 0.2) is 30.5 Å². The van der Waals surface area contributed by atoms with E-state index >= 15 is 4.39 Å². The predicted octanol–water partition coefficient (Wildman–Crippen LogP) is 4.74. The number of nitrogens with zero attached hydrogens (tertiary/aromatic N) is 5. The number of halogens is 2. The van der Waals surface area contributed by atoms with Crippen LogP contribution in [0.1, 0.15) is 44.6 Å². The van der Waals surface area contributed by atoms with Crippen LogP contribution in [0.25, 0.3) is 32.9 Å². The Bertz CT molecular complexity index is 1700. The number of pyridine rings is 1. The minimum absolute atomic E-state index is 0.0343. The maximum absolute atomic E-state index is 16.7. The minimum Gasteiger partial charge on any atom is -0.508 e. The van der Waals surface area contributed by atoms with Gasteiger partial charge in [-0.1, -0.05) is 18.4 Å². The molecule has 0 saturated carbocycles. The number of phenols is 1. The number of anilines is 2. The molecule has 2 fully saturated rings. The van der Waals surface area contributed by atoms with Gasteiger partial charge in [0, 0.05) is 49.9 Å². The molecule has 2 aromatic heterocycles. The normalized spacial score (nSPS) is 18.8. The largest absolute Gasteiger partial charge is 0.508 e. The Balaban J connectivity index is 1.53. The van der Waals surface area contributed by atoms with E-state index in [1.807, 2.05) is 23.8 Å². The summed E-state index contributed by atoms with van der Waals surface area (Å²) < 4.78 is 31.4. The molecule has 0 aliphatic carbocycles. The lowest BCUT2D eigenvalue weighted by Gasteiger charge is -2.36. The number of rotatable bonds is 5. The molecule has 1 atom stereocenters. The zero-order chi connectivity index (χ0) is 29.6. The fraction of sp³-hybridized carbons (Fsp3) is 0.406. The number of terminal acetylenes is 1. The van der Waals surface area contributed by atoms with Gasteiger partial charge in [0.25, 0.3) is 0 Å². The molecule has 2 aliphatic rings. The van der Waals surface area contributed by atoms with Crippen LogP contribution in [0.4, 0.5) is 20.5 Å². The summed E-state index contributed by atoms with van der Waals surface area (Å²) in [4.78, 5) is 18.0. The minimum atomic E-state index is -0.775. The van der Waals surface area contributed by atoms with E-state index in [0.29, 0.717) is 55.0 Å². The Morgan fingerprint density at radius 2 is 1.98 bits per heavy atom. The van der Waals surface area contributed by atoms with E-state index in [2.05, 4.69) is 21.2 Å². The summed E-state index contributed by atoms with van der Waals surface area (Å²) in [5.41, 5.74) is -0.669. The number of hydrogen-bond acceptors (Lipinski definition) is 8. The lowest BCUT2D eigenvalue weighted by molar-refractivity contribution is 0.0349. The Kier molecular flexibility index (Phi) is 7.33. The van der Waals surface area contributed by atoms with Gasteiger partial charge in [-0.25, -0.2) is 13.8 Å². The van der Waals surface area contributed by atoms with Crippen molar-refractivity contribution in [1.29, 1.82) is 0 Å². The Hall–Kier alpha value is -4.07. The van der Waals surface area contributed by atoms with E-state index in [0.717, 1.165) is 25.8 Å². The van der Waals surface area contributed by atoms with Crippen molar-refractivity contribution < 1.29 is 19.0 Å². The molecule has 0 spiro atoms. The molecule has 0 bridgehead atoms. The molecule has 6 rings (SSSR count). The van der Waals surface area contributed by atoms with Crippen molar-refractivity contribution >= 4 is 33.4 Å². The topological polar surface area (TPSA) is 97.6 Å². The maximum Gasteiger partial charge on any atom is 0.228 e. The maximum atomic E-state index is 16.7. The molecule has 4 aromatic rings. The smallest absolute Gasteiger partial charge is 0.228 e. The number of aromatic nitrogens is 3. The second-order valence-corrected chi connectivity index (χ2v) is 11.7. The average Bonchev–Trinajstić information content (AvgIpc) is 2.97. The molecule has 0 amide bonds. The molecular formula is C32H34F2N6O2. The van der Waals surface area contributed by atoms with Gasteiger partial charge >= 0.3 is 0 Å². The summed E-state index contributed by atoms with van der Waals surface area (Å²) in [6, 6.07) is 5.79. The average molecular weight is 573 g/mol. The van der Waals surface area contributed by atoms with Gasteiger partial charge in [-0.05, 0) is 62.7 Å². The van der Waals surface area contributed by atoms with Crippen LogP contribution in [-0.2, 0) is 0 Å². The zero-order valence-electron chi connectivity index (χ0n) is 23.8. The first-order valence-electron chi connectivity index (χ1n) is 14.4. The fourth-order valence-corrected chi connectivity index (χ4v) is 6.09. The van der Waals surface area contributed by atoms with Crippen molar-refractivity contribution in [3.05, 3.63) is 47.7 Å². The number of nitrogens with one attached hydrogen (secondary N) is 1. The highest BCUT2D eigenvalue weighted by atomic mass is 19.1. The van der Waals surface area contributed by atoms with Crippen LogP contribution < -0.4 is 15.1 Å². The first-order chi connectivity index (χ1) is 20.1. The summed E-state index contributed by atoms with van der Waals surface area (Å²) >= 11 is 0. The van der Waals surface area contributed by atoms with Gasteiger partial charge < -0.3 is 25.3 Å². The van der Waals surface area contributed by atoms with Gasteiger partial charge in [0.05, 0.1) is 16.6 Å². The van der Waals surface area contributed by atoms with E-state index in [1.165, 1.54) is 30.5 Å². The number of fused-ring (bicyclic) bond motifs is 2. The van der Waals surface area contributed by atoms with E-state index in [-0.39, 0.29) is 39.5 Å². The van der Waals surface area contributed by atoms with Gasteiger partial charge in [0.15, 0.2) is 5.82 Å². The quantitative estimate of drug-likeness (QED) is 0.295. The molecule has 3 N–H and O–H groups in total. The third-order valence-electron chi connectivity index (χ3n) is 8.50. The molecule has 0 unspecified atom stereocenters. The van der Waals surface area contributed by atoms with E-state index < -0.39 is 17.2 Å². The number of likely N-dealkylation sites (N-methyl/N-ethyl adjacent to an activating group) is 1. The van der Waals surface area contributed by atoms with E-state index in [9.17, 15) is 14.6 Å². The fourth-order valence-electron chi connectivity index (χ4n) is 6.09. The molecular weight excluding hydrogens is 538 g/mol. The van der Waals surface area contributed by atoms with Gasteiger partial charge in [-0.15, -0.1) is 6.42 Å². The summed E-state index contributed by atoms with van der Waals surface area (Å²) in [7, 11) is 1.93. The highest BCUT2D eigenvalue weighted by Crippen LogP contribution is 2.39. The van der Waals surface area contributed by atoms with Crippen molar-refractivity contribution in [2.75, 3.05) is 43.0 Å². The van der Waals surface area contributed by atoms with Crippen LogP contribution in [-0.4, -0.2) is 70.0 Å². The van der Waals surface area contributed by atoms with E-state index in [1.54, 1.807) is 0 Å². The second-order valence-electron chi connectivity index (χ2n) is 11.7. The monoisotopic (exact) mass is 572 g/mol. The summed E-state index contributed by atoms with van der Waals surface area (Å²) in [5.74, 6) is 1.82. The van der Waals surface area contributed by atoms with Crippen molar-refractivity contribution in [2.24, 2.45) is 0 Å². The zero-order valence-corrected chi connectivity index (χ0v) is 23.8. The molecule has 0 radical (unpaired) electrons. The lowest BCUT2D eigenvalue weighted by atomic mass is 9.94. The van der Waals surface area contributed by atoms with Gasteiger partial charge in [0.1, 0.15) is 28.6 Å². The summed E-state index contributed by atoms with van der Waals surface area (Å²) in [6.45, 7) is 4.48. The summed E-state index contributed by atoms with van der Waals surface area (Å²) in [6.07, 6.45) is 11.6. The second kappa shape index (κ2) is 11.0. The molecule has 2 aliphatic heterocycles. The first kappa shape index (κ1) is 28.1. The van der Waals surface area contributed by atoms with Crippen molar-refractivity contribution in [3.8, 4) is 29.4 Å². The highest BCUT2D eigenvalue weighted by molar-refractivity contribution is 6.03. The molecule has 10 heteroatoms. The standard InChI is InChI=1S/C32H34F2N6O2/c1-4-22-25(33)9-8-19-15-21(41)16-23(26(19)22)28-27(34)29-24(17-36-28)30(39(3)18-20-7-5-6-12-35-20)38-31(37-29)40-13-10-32(2,42)11-14-40/h1,8-9,15-17,20,35,41-42H,5-7,10-14,18H2,2-3H3/t20-/m0/s1. The van der Waals surface area contributed by atoms with Crippen LogP contribution in [0.2, 0.25) is 0 Å². The number of aromatic hydroxyl groups is 1. The predicted molar refractivity (Wildman–Crippen MR) is 161 cm³/mol. The van der Waals surface area contributed by atoms with Crippen molar-refractivity contribution in [2.45, 2.75) is 50.7 Å². The Morgan fingerprint density at radius 3 is 2.69 bits per heavy atom. The molecule has 4 heterocycles. The van der Waals surface area contributed by atoms with Crippen LogP contribution in [0.5, 0.6) is 5.75 Å². The van der Waals surface area contributed by atoms with Gasteiger partial charge in [-0.2, -0.15) is 4.98 Å². The molecule has 218 valence electrons. The number of aliphatic hydroxyl groups is 1. The van der Waals surface area contributed by atoms with Gasteiger partial charge in [-0.3, -0.25) is 4.98 Å². The molecule has 42 heavy (non-hydrogen) atoms. The lowest BCUT2D eigenvalue weighted by Crippen LogP contribution is -2.44. The number of hydrogen-bond donors (Lipinski definition) is 3. The van der Waals surface area contributed by atoms with Gasteiger partial charge in [0.2, 0.25) is 5.95 Å². The Labute approximate surface area is 243 Å². The van der Waals surface area contributed by atoms with Crippen LogP contribution in [0, 0.1) is 24.0 Å². The van der Waals surface area contributed by atoms with Crippen LogP contribution >= 0.6 is 0 Å². The number of piperidine rings is 2. The highest BCUT2D eigenvalue weighted by Gasteiger charge is 2.30. The summed E-state index contributed by atoms with van der Waals surface area (Å²) in [5, 5.41) is 25.7. The van der Waals surface area contributed by atoms with Crippen LogP contribution in [0.3, 0.4) is 0 Å². The molecule has 8 nitrogen and oxygen atoms in total. The van der Waals surface area contributed by atoms with Crippen molar-refractivity contribution in [1.82, 2.24) is 20.3 Å². The Morgan fingerprint density at radius 1 is 1.19 bits per heavy atom. The molecule has 2 saturated heterocycles. The number of benzene rings is 2. The van der Waals surface area contributed by atoms with E-state index in [4.69, 9.17) is 11.4 Å².